The average Bonchev–Trinajstić information content (AvgIpc) is 2.48. The molecule has 0 unspecified atom stereocenters. The summed E-state index contributed by atoms with van der Waals surface area (Å²) in [6.45, 7) is -0.652. The van der Waals surface area contributed by atoms with E-state index in [-0.39, 0.29) is 17.0 Å². The minimum absolute atomic E-state index is 0.160. The molecule has 1 aromatic carbocycles. The Hall–Kier alpha value is -1.65. The van der Waals surface area contributed by atoms with Crippen LogP contribution in [0.1, 0.15) is 16.8 Å². The van der Waals surface area contributed by atoms with Gasteiger partial charge < -0.3 is 10.6 Å². The van der Waals surface area contributed by atoms with Crippen molar-refractivity contribution in [1.82, 2.24) is 15.4 Å². The van der Waals surface area contributed by atoms with E-state index in [1.807, 2.05) is 0 Å². The molecule has 1 amide bonds. The summed E-state index contributed by atoms with van der Waals surface area (Å²) in [5.41, 5.74) is -0.160. The molecule has 0 spiro atoms. The molecular weight excluding hydrogens is 335 g/mol. The number of nitrogens with one attached hydrogen (secondary N) is 3. The van der Waals surface area contributed by atoms with E-state index in [9.17, 15) is 26.4 Å². The molecule has 23 heavy (non-hydrogen) atoms. The number of alkyl halides is 3. The number of amides is 1. The van der Waals surface area contributed by atoms with Gasteiger partial charge in [-0.05, 0) is 38.2 Å². The Balaban J connectivity index is 2.77. The fourth-order valence-corrected chi connectivity index (χ4v) is 2.76. The quantitative estimate of drug-likeness (QED) is 0.605. The normalized spacial score (nSPS) is 12.2. The van der Waals surface area contributed by atoms with Crippen LogP contribution in [0.5, 0.6) is 0 Å². The summed E-state index contributed by atoms with van der Waals surface area (Å²) in [6.07, 6.45) is -3.96. The molecule has 0 heterocycles. The van der Waals surface area contributed by atoms with Crippen molar-refractivity contribution in [3.8, 4) is 0 Å². The Morgan fingerprint density at radius 2 is 1.91 bits per heavy atom. The first-order chi connectivity index (χ1) is 10.7. The first-order valence-corrected chi connectivity index (χ1v) is 8.23. The maximum absolute atomic E-state index is 12.1. The predicted octanol–water partition coefficient (Wildman–Crippen LogP) is 0.866. The van der Waals surface area contributed by atoms with Crippen molar-refractivity contribution in [3.63, 3.8) is 0 Å². The molecular formula is C13H18F3N3O3S. The predicted molar refractivity (Wildman–Crippen MR) is 78.6 cm³/mol. The van der Waals surface area contributed by atoms with Crippen LogP contribution >= 0.6 is 0 Å². The number of halogens is 3. The van der Waals surface area contributed by atoms with Gasteiger partial charge in [0.05, 0.1) is 4.90 Å². The number of sulfonamides is 1. The largest absolute Gasteiger partial charge is 0.405 e. The molecule has 0 fully saturated rings. The SMILES string of the molecule is CNCCCNS(=O)(=O)c1cccc(C(=O)NCC(F)(F)F)c1. The molecule has 6 nitrogen and oxygen atoms in total. The summed E-state index contributed by atoms with van der Waals surface area (Å²) < 4.78 is 62.7. The van der Waals surface area contributed by atoms with E-state index in [0.29, 0.717) is 13.0 Å². The van der Waals surface area contributed by atoms with Gasteiger partial charge in [-0.2, -0.15) is 13.2 Å². The zero-order chi connectivity index (χ0) is 17.5. The van der Waals surface area contributed by atoms with Crippen LogP contribution in [0.25, 0.3) is 0 Å². The Labute approximate surface area is 132 Å². The second-order valence-electron chi connectivity index (χ2n) is 4.68. The fraction of sp³-hybridized carbons (Fsp3) is 0.462. The van der Waals surface area contributed by atoms with Gasteiger partial charge in [0.1, 0.15) is 6.54 Å². The number of benzene rings is 1. The summed E-state index contributed by atoms with van der Waals surface area (Å²) in [4.78, 5) is 11.5. The molecule has 3 N–H and O–H groups in total. The number of hydrogen-bond donors (Lipinski definition) is 3. The lowest BCUT2D eigenvalue weighted by molar-refractivity contribution is -0.123. The first kappa shape index (κ1) is 19.4. The van der Waals surface area contributed by atoms with Crippen molar-refractivity contribution in [2.75, 3.05) is 26.7 Å². The number of carbonyl (C=O) groups is 1. The van der Waals surface area contributed by atoms with E-state index in [0.717, 1.165) is 6.07 Å². The Morgan fingerprint density at radius 1 is 1.22 bits per heavy atom. The molecule has 130 valence electrons. The Kier molecular flexibility index (Phi) is 6.98. The summed E-state index contributed by atoms with van der Waals surface area (Å²) in [5.74, 6) is -0.991. The molecule has 1 aromatic rings. The number of rotatable bonds is 8. The van der Waals surface area contributed by atoms with Gasteiger partial charge in [0, 0.05) is 12.1 Å². The molecule has 0 aliphatic rings. The van der Waals surface area contributed by atoms with Crippen molar-refractivity contribution in [2.24, 2.45) is 0 Å². The van der Waals surface area contributed by atoms with Gasteiger partial charge in [0.2, 0.25) is 10.0 Å². The highest BCUT2D eigenvalue weighted by atomic mass is 32.2. The van der Waals surface area contributed by atoms with Gasteiger partial charge in [-0.25, -0.2) is 13.1 Å². The smallest absolute Gasteiger partial charge is 0.343 e. The molecule has 0 atom stereocenters. The zero-order valence-corrected chi connectivity index (χ0v) is 13.2. The summed E-state index contributed by atoms with van der Waals surface area (Å²) >= 11 is 0. The minimum atomic E-state index is -4.53. The van der Waals surface area contributed by atoms with Gasteiger partial charge in [-0.1, -0.05) is 6.07 Å². The molecule has 10 heteroatoms. The molecule has 0 aromatic heterocycles. The monoisotopic (exact) mass is 353 g/mol. The van der Waals surface area contributed by atoms with Crippen LogP contribution in [-0.2, 0) is 10.0 Å². The van der Waals surface area contributed by atoms with E-state index in [2.05, 4.69) is 10.0 Å². The lowest BCUT2D eigenvalue weighted by Gasteiger charge is -2.10. The highest BCUT2D eigenvalue weighted by molar-refractivity contribution is 7.89. The van der Waals surface area contributed by atoms with E-state index in [1.54, 1.807) is 12.4 Å². The van der Waals surface area contributed by atoms with E-state index in [1.165, 1.54) is 18.2 Å². The summed E-state index contributed by atoms with van der Waals surface area (Å²) in [7, 11) is -2.09. The molecule has 0 saturated carbocycles. The maximum Gasteiger partial charge on any atom is 0.405 e. The fourth-order valence-electron chi connectivity index (χ4n) is 1.64. The topological polar surface area (TPSA) is 87.3 Å². The summed E-state index contributed by atoms with van der Waals surface area (Å²) in [5, 5.41) is 4.55. The standard InChI is InChI=1S/C13H18F3N3O3S/c1-17-6-3-7-19-23(21,22)11-5-2-4-10(8-11)12(20)18-9-13(14,15)16/h2,4-5,8,17,19H,3,6-7,9H2,1H3,(H,18,20). The third-order valence-electron chi connectivity index (χ3n) is 2.75. The van der Waals surface area contributed by atoms with Crippen LogP contribution < -0.4 is 15.4 Å². The van der Waals surface area contributed by atoms with Gasteiger partial charge in [-0.3, -0.25) is 4.79 Å². The van der Waals surface area contributed by atoms with Crippen LogP contribution in [0.15, 0.2) is 29.2 Å². The van der Waals surface area contributed by atoms with Crippen molar-refractivity contribution in [3.05, 3.63) is 29.8 Å². The first-order valence-electron chi connectivity index (χ1n) is 6.75. The Bertz CT molecular complexity index is 633. The average molecular weight is 353 g/mol. The molecule has 0 bridgehead atoms. The molecule has 0 aliphatic heterocycles. The van der Waals surface area contributed by atoms with E-state index >= 15 is 0 Å². The van der Waals surface area contributed by atoms with Gasteiger partial charge in [0.25, 0.3) is 5.91 Å². The van der Waals surface area contributed by atoms with Crippen LogP contribution in [-0.4, -0.2) is 47.2 Å². The summed E-state index contributed by atoms with van der Waals surface area (Å²) in [6, 6.07) is 4.84. The second-order valence-corrected chi connectivity index (χ2v) is 6.45. The minimum Gasteiger partial charge on any atom is -0.343 e. The second kappa shape index (κ2) is 8.27. The lowest BCUT2D eigenvalue weighted by atomic mass is 10.2. The van der Waals surface area contributed by atoms with Crippen LogP contribution in [0.4, 0.5) is 13.2 Å². The highest BCUT2D eigenvalue weighted by Gasteiger charge is 2.28. The van der Waals surface area contributed by atoms with Gasteiger partial charge in [-0.15, -0.1) is 0 Å². The zero-order valence-electron chi connectivity index (χ0n) is 12.4. The van der Waals surface area contributed by atoms with Gasteiger partial charge >= 0.3 is 6.18 Å². The Morgan fingerprint density at radius 3 is 2.52 bits per heavy atom. The number of carbonyl (C=O) groups excluding carboxylic acids is 1. The van der Waals surface area contributed by atoms with Gasteiger partial charge in [0.15, 0.2) is 0 Å². The molecule has 0 aliphatic carbocycles. The van der Waals surface area contributed by atoms with Crippen molar-refractivity contribution in [1.29, 1.82) is 0 Å². The lowest BCUT2D eigenvalue weighted by Crippen LogP contribution is -2.34. The van der Waals surface area contributed by atoms with E-state index < -0.39 is 28.7 Å². The van der Waals surface area contributed by atoms with Crippen LogP contribution in [0.3, 0.4) is 0 Å². The van der Waals surface area contributed by atoms with E-state index in [4.69, 9.17) is 0 Å². The highest BCUT2D eigenvalue weighted by Crippen LogP contribution is 2.14. The molecule has 0 radical (unpaired) electrons. The third-order valence-corrected chi connectivity index (χ3v) is 4.21. The van der Waals surface area contributed by atoms with Crippen molar-refractivity contribution < 1.29 is 26.4 Å². The maximum atomic E-state index is 12.1. The van der Waals surface area contributed by atoms with Crippen molar-refractivity contribution >= 4 is 15.9 Å². The van der Waals surface area contributed by atoms with Crippen molar-refractivity contribution in [2.45, 2.75) is 17.5 Å². The number of hydrogen-bond acceptors (Lipinski definition) is 4. The molecule has 0 saturated heterocycles. The molecule has 1 rings (SSSR count). The van der Waals surface area contributed by atoms with Crippen LogP contribution in [0.2, 0.25) is 0 Å². The van der Waals surface area contributed by atoms with Crippen LogP contribution in [0, 0.1) is 0 Å². The third kappa shape index (κ3) is 6.97.